The van der Waals surface area contributed by atoms with E-state index in [9.17, 15) is 0 Å². The molecule has 5 nitrogen and oxygen atoms in total. The Morgan fingerprint density at radius 3 is 2.17 bits per heavy atom. The van der Waals surface area contributed by atoms with E-state index in [0.29, 0.717) is 23.9 Å². The van der Waals surface area contributed by atoms with Gasteiger partial charge in [-0.05, 0) is 93.7 Å². The molecule has 0 aromatic heterocycles. The van der Waals surface area contributed by atoms with Gasteiger partial charge in [0, 0.05) is 26.1 Å². The van der Waals surface area contributed by atoms with Gasteiger partial charge in [0.1, 0.15) is 11.7 Å². The fourth-order valence-corrected chi connectivity index (χ4v) is 10.9. The Bertz CT molecular complexity index is 853. The summed E-state index contributed by atoms with van der Waals surface area (Å²) >= 11 is 0. The highest BCUT2D eigenvalue weighted by atomic mass is 28.4. The summed E-state index contributed by atoms with van der Waals surface area (Å²) in [6.07, 6.45) is 8.55. The van der Waals surface area contributed by atoms with Crippen LogP contribution in [0.5, 0.6) is 0 Å². The van der Waals surface area contributed by atoms with E-state index < -0.39 is 14.1 Å². The summed E-state index contributed by atoms with van der Waals surface area (Å²) < 4.78 is 33.5. The minimum Gasteiger partial charge on any atom is -0.413 e. The zero-order chi connectivity index (χ0) is 26.5. The minimum absolute atomic E-state index is 0.0477. The van der Waals surface area contributed by atoms with Crippen LogP contribution in [0.4, 0.5) is 0 Å². The lowest BCUT2D eigenvalue weighted by molar-refractivity contribution is -0.287. The SMILES string of the molecule is COC1CC[C@]2(C)C3CC[C@]4(C)C(O[Si](C)(C)C(C)(C)C)CCC4C3C3OC(C)(C)OC3C2(OC)C1. The van der Waals surface area contributed by atoms with Gasteiger partial charge in [-0.3, -0.25) is 0 Å². The molecule has 0 N–H and O–H groups in total. The van der Waals surface area contributed by atoms with Crippen molar-refractivity contribution in [3.05, 3.63) is 0 Å². The summed E-state index contributed by atoms with van der Waals surface area (Å²) in [4.78, 5) is 0. The largest absolute Gasteiger partial charge is 0.413 e. The van der Waals surface area contributed by atoms with Crippen molar-refractivity contribution in [3.8, 4) is 0 Å². The third kappa shape index (κ3) is 3.71. The number of hydrogen-bond donors (Lipinski definition) is 0. The molecule has 0 spiro atoms. The van der Waals surface area contributed by atoms with E-state index in [1.54, 1.807) is 0 Å². The Labute approximate surface area is 221 Å². The second-order valence-corrected chi connectivity index (χ2v) is 20.2. The van der Waals surface area contributed by atoms with Crippen molar-refractivity contribution in [1.82, 2.24) is 0 Å². The van der Waals surface area contributed by atoms with E-state index in [-0.39, 0.29) is 39.8 Å². The molecule has 5 fully saturated rings. The molecule has 0 radical (unpaired) electrons. The van der Waals surface area contributed by atoms with E-state index in [1.165, 1.54) is 25.7 Å². The second kappa shape index (κ2) is 8.51. The van der Waals surface area contributed by atoms with E-state index in [0.717, 1.165) is 19.3 Å². The van der Waals surface area contributed by atoms with Crippen LogP contribution >= 0.6 is 0 Å². The first-order valence-electron chi connectivity index (χ1n) is 14.7. The summed E-state index contributed by atoms with van der Waals surface area (Å²) in [7, 11) is 1.91. The first-order valence-corrected chi connectivity index (χ1v) is 17.6. The highest BCUT2D eigenvalue weighted by molar-refractivity contribution is 6.74. The van der Waals surface area contributed by atoms with Gasteiger partial charge in [-0.25, -0.2) is 0 Å². The van der Waals surface area contributed by atoms with Gasteiger partial charge in [-0.2, -0.15) is 0 Å². The Balaban J connectivity index is 1.54. The van der Waals surface area contributed by atoms with Crippen molar-refractivity contribution in [2.24, 2.45) is 28.6 Å². The van der Waals surface area contributed by atoms with Gasteiger partial charge < -0.3 is 23.4 Å². The van der Waals surface area contributed by atoms with E-state index in [1.807, 2.05) is 14.2 Å². The molecule has 0 aromatic rings. The molecule has 4 aliphatic carbocycles. The lowest BCUT2D eigenvalue weighted by Gasteiger charge is -2.67. The third-order valence-corrected chi connectivity index (χ3v) is 16.9. The van der Waals surface area contributed by atoms with Gasteiger partial charge in [-0.15, -0.1) is 0 Å². The van der Waals surface area contributed by atoms with Gasteiger partial charge in [0.05, 0.1) is 18.3 Å². The summed E-state index contributed by atoms with van der Waals surface area (Å²) in [5.74, 6) is 1.05. The maximum absolute atomic E-state index is 7.19. The molecule has 0 bridgehead atoms. The van der Waals surface area contributed by atoms with Crippen LogP contribution < -0.4 is 0 Å². The van der Waals surface area contributed by atoms with E-state index in [4.69, 9.17) is 23.4 Å². The number of methoxy groups -OCH3 is 2. The lowest BCUT2D eigenvalue weighted by atomic mass is 9.42. The van der Waals surface area contributed by atoms with Gasteiger partial charge in [0.25, 0.3) is 0 Å². The van der Waals surface area contributed by atoms with Crippen LogP contribution in [0.3, 0.4) is 0 Å². The van der Waals surface area contributed by atoms with Gasteiger partial charge in [0.2, 0.25) is 0 Å². The predicted octanol–water partition coefficient (Wildman–Crippen LogP) is 6.94. The molecule has 10 atom stereocenters. The number of hydrogen-bond acceptors (Lipinski definition) is 5. The molecule has 208 valence electrons. The maximum atomic E-state index is 7.19. The fourth-order valence-electron chi connectivity index (χ4n) is 9.43. The molecule has 5 rings (SSSR count). The van der Waals surface area contributed by atoms with Gasteiger partial charge in [0.15, 0.2) is 14.1 Å². The Hall–Kier alpha value is 0.0169. The molecular formula is C30H54O5Si. The van der Waals surface area contributed by atoms with Crippen LogP contribution in [0.2, 0.25) is 18.1 Å². The van der Waals surface area contributed by atoms with Crippen LogP contribution in [0, 0.1) is 28.6 Å². The number of rotatable bonds is 4. The van der Waals surface area contributed by atoms with Crippen molar-refractivity contribution in [1.29, 1.82) is 0 Å². The second-order valence-electron chi connectivity index (χ2n) is 15.4. The summed E-state index contributed by atoms with van der Waals surface area (Å²) in [6.45, 7) is 21.2. The van der Waals surface area contributed by atoms with Crippen molar-refractivity contribution < 1.29 is 23.4 Å². The average molecular weight is 523 g/mol. The summed E-state index contributed by atoms with van der Waals surface area (Å²) in [6, 6.07) is 0. The van der Waals surface area contributed by atoms with Crippen LogP contribution in [0.25, 0.3) is 0 Å². The molecule has 6 heteroatoms. The summed E-state index contributed by atoms with van der Waals surface area (Å²) in [5.41, 5.74) is -0.133. The number of ether oxygens (including phenoxy) is 4. The monoisotopic (exact) mass is 522 g/mol. The fraction of sp³-hybridized carbons (Fsp3) is 1.00. The molecule has 5 aliphatic rings. The molecule has 0 aromatic carbocycles. The molecule has 1 saturated heterocycles. The molecule has 0 amide bonds. The standard InChI is InChI=1S/C30H54O5Si/c1-26(2,3)36(10,11)35-22-13-12-20-23-21(15-16-28(20,22)6)29(7)17-14-19(31-8)18-30(29,32-9)25-24(23)33-27(4,5)34-25/h19-25H,12-18H2,1-11H3/t19?,20?,21?,22?,23?,24?,25?,28-,29+,30?/m0/s1. The maximum Gasteiger partial charge on any atom is 0.192 e. The smallest absolute Gasteiger partial charge is 0.192 e. The third-order valence-electron chi connectivity index (χ3n) is 12.5. The van der Waals surface area contributed by atoms with E-state index in [2.05, 4.69) is 61.6 Å². The highest BCUT2D eigenvalue weighted by Gasteiger charge is 2.74. The Kier molecular flexibility index (Phi) is 6.52. The Morgan fingerprint density at radius 1 is 0.861 bits per heavy atom. The summed E-state index contributed by atoms with van der Waals surface area (Å²) in [5, 5.41) is 0.229. The van der Waals surface area contributed by atoms with Crippen molar-refractivity contribution in [2.75, 3.05) is 14.2 Å². The minimum atomic E-state index is -1.85. The van der Waals surface area contributed by atoms with Gasteiger partial charge in [-0.1, -0.05) is 34.6 Å². The molecule has 8 unspecified atom stereocenters. The van der Waals surface area contributed by atoms with Crippen molar-refractivity contribution in [2.45, 2.75) is 147 Å². The van der Waals surface area contributed by atoms with Crippen LogP contribution in [-0.2, 0) is 23.4 Å². The van der Waals surface area contributed by atoms with Crippen LogP contribution in [0.1, 0.15) is 93.4 Å². The average Bonchev–Trinajstić information content (AvgIpc) is 3.28. The first-order chi connectivity index (χ1) is 16.6. The molecular weight excluding hydrogens is 468 g/mol. The highest BCUT2D eigenvalue weighted by Crippen LogP contribution is 2.70. The van der Waals surface area contributed by atoms with Crippen molar-refractivity contribution in [3.63, 3.8) is 0 Å². The Morgan fingerprint density at radius 2 is 1.56 bits per heavy atom. The first kappa shape index (κ1) is 27.6. The molecule has 36 heavy (non-hydrogen) atoms. The zero-order valence-electron chi connectivity index (χ0n) is 25.0. The number of fused-ring (bicyclic) bond motifs is 8. The van der Waals surface area contributed by atoms with Crippen LogP contribution in [0.15, 0.2) is 0 Å². The lowest BCUT2D eigenvalue weighted by Crippen LogP contribution is -2.73. The van der Waals surface area contributed by atoms with E-state index >= 15 is 0 Å². The van der Waals surface area contributed by atoms with Crippen molar-refractivity contribution >= 4 is 8.32 Å². The van der Waals surface area contributed by atoms with Gasteiger partial charge >= 0.3 is 0 Å². The quantitative estimate of drug-likeness (QED) is 0.374. The van der Waals surface area contributed by atoms with Crippen LogP contribution in [-0.4, -0.2) is 58.3 Å². The molecule has 4 saturated carbocycles. The molecule has 1 heterocycles. The topological polar surface area (TPSA) is 46.2 Å². The zero-order valence-corrected chi connectivity index (χ0v) is 26.0. The normalized spacial score (nSPS) is 50.2. The predicted molar refractivity (Wildman–Crippen MR) is 145 cm³/mol. The molecule has 1 aliphatic heterocycles.